The molecule has 1 saturated heterocycles. The highest BCUT2D eigenvalue weighted by molar-refractivity contribution is 7.89. The summed E-state index contributed by atoms with van der Waals surface area (Å²) in [7, 11) is -2.45. The number of benzene rings is 1. The van der Waals surface area contributed by atoms with Gasteiger partial charge in [-0.15, -0.1) is 0 Å². The first kappa shape index (κ1) is 17.2. The molecule has 0 aromatic heterocycles. The molecule has 0 unspecified atom stereocenters. The first-order chi connectivity index (χ1) is 10.5. The third kappa shape index (κ3) is 3.80. The zero-order chi connectivity index (χ0) is 16.2. The summed E-state index contributed by atoms with van der Waals surface area (Å²) in [5, 5.41) is 0.120. The molecule has 0 saturated carbocycles. The van der Waals surface area contributed by atoms with Crippen molar-refractivity contribution in [3.63, 3.8) is 0 Å². The number of hydrogen-bond donors (Lipinski definition) is 0. The van der Waals surface area contributed by atoms with Crippen molar-refractivity contribution in [2.24, 2.45) is 0 Å². The number of methoxy groups -OCH3 is 1. The molecular formula is C15H20ClNO4S. The predicted octanol–water partition coefficient (Wildman–Crippen LogP) is 3.08. The molecule has 0 amide bonds. The molecule has 5 nitrogen and oxygen atoms in total. The van der Waals surface area contributed by atoms with Crippen LogP contribution >= 0.6 is 11.6 Å². The van der Waals surface area contributed by atoms with Crippen molar-refractivity contribution >= 4 is 27.6 Å². The van der Waals surface area contributed by atoms with Gasteiger partial charge in [0.15, 0.2) is 0 Å². The van der Waals surface area contributed by atoms with Crippen LogP contribution in [0.2, 0.25) is 5.02 Å². The Bertz CT molecular complexity index is 637. The summed E-state index contributed by atoms with van der Waals surface area (Å²) < 4.78 is 31.8. The Balaban J connectivity index is 2.36. The molecule has 0 aliphatic carbocycles. The Morgan fingerprint density at radius 2 is 1.73 bits per heavy atom. The largest absolute Gasteiger partial charge is 0.465 e. The maximum atomic E-state index is 12.8. The SMILES string of the molecule is COC(=O)c1ccc(Cl)c(S(=O)(=O)N2CCCCCCC2)c1. The number of nitrogens with zero attached hydrogens (tertiary/aromatic N) is 1. The molecule has 0 bridgehead atoms. The third-order valence-electron chi connectivity index (χ3n) is 3.79. The number of rotatable bonds is 3. The molecule has 0 radical (unpaired) electrons. The van der Waals surface area contributed by atoms with Crippen LogP contribution in [-0.2, 0) is 14.8 Å². The van der Waals surface area contributed by atoms with E-state index in [2.05, 4.69) is 4.74 Å². The lowest BCUT2D eigenvalue weighted by atomic mass is 10.1. The average molecular weight is 346 g/mol. The quantitative estimate of drug-likeness (QED) is 0.790. The van der Waals surface area contributed by atoms with Gasteiger partial charge in [0.05, 0.1) is 17.7 Å². The van der Waals surface area contributed by atoms with Crippen LogP contribution in [-0.4, -0.2) is 38.9 Å². The summed E-state index contributed by atoms with van der Waals surface area (Å²) >= 11 is 6.06. The average Bonchev–Trinajstić information content (AvgIpc) is 2.46. The molecule has 1 aliphatic rings. The van der Waals surface area contributed by atoms with E-state index in [0.29, 0.717) is 13.1 Å². The van der Waals surface area contributed by atoms with Crippen molar-refractivity contribution in [1.29, 1.82) is 0 Å². The lowest BCUT2D eigenvalue weighted by Crippen LogP contribution is -2.34. The molecule has 1 heterocycles. The van der Waals surface area contributed by atoms with E-state index in [1.807, 2.05) is 0 Å². The molecule has 2 rings (SSSR count). The van der Waals surface area contributed by atoms with Crippen LogP contribution in [0.5, 0.6) is 0 Å². The van der Waals surface area contributed by atoms with E-state index in [1.165, 1.54) is 29.6 Å². The summed E-state index contributed by atoms with van der Waals surface area (Å²) in [4.78, 5) is 11.6. The van der Waals surface area contributed by atoms with Gasteiger partial charge in [0, 0.05) is 13.1 Å². The predicted molar refractivity (Wildman–Crippen MR) is 84.6 cm³/mol. The van der Waals surface area contributed by atoms with Crippen LogP contribution < -0.4 is 0 Å². The van der Waals surface area contributed by atoms with E-state index in [-0.39, 0.29) is 15.5 Å². The lowest BCUT2D eigenvalue weighted by molar-refractivity contribution is 0.0600. The second kappa shape index (κ2) is 7.44. The summed E-state index contributed by atoms with van der Waals surface area (Å²) in [5.74, 6) is -0.583. The monoisotopic (exact) mass is 345 g/mol. The van der Waals surface area contributed by atoms with Crippen LogP contribution in [0.15, 0.2) is 23.1 Å². The fourth-order valence-electron chi connectivity index (χ4n) is 2.54. The fourth-order valence-corrected chi connectivity index (χ4v) is 4.56. The Morgan fingerprint density at radius 1 is 1.14 bits per heavy atom. The second-order valence-electron chi connectivity index (χ2n) is 5.31. The minimum Gasteiger partial charge on any atom is -0.465 e. The zero-order valence-electron chi connectivity index (χ0n) is 12.5. The normalized spacial score (nSPS) is 17.5. The van der Waals surface area contributed by atoms with Crippen molar-refractivity contribution in [3.8, 4) is 0 Å². The molecule has 7 heteroatoms. The van der Waals surface area contributed by atoms with E-state index in [4.69, 9.17) is 11.6 Å². The molecule has 0 atom stereocenters. The molecule has 1 aromatic carbocycles. The highest BCUT2D eigenvalue weighted by Crippen LogP contribution is 2.27. The van der Waals surface area contributed by atoms with Gasteiger partial charge in [-0.2, -0.15) is 4.31 Å². The Morgan fingerprint density at radius 3 is 2.32 bits per heavy atom. The van der Waals surface area contributed by atoms with Gasteiger partial charge in [0.1, 0.15) is 4.90 Å². The van der Waals surface area contributed by atoms with Crippen LogP contribution in [0.1, 0.15) is 42.5 Å². The van der Waals surface area contributed by atoms with Crippen molar-refractivity contribution in [2.45, 2.75) is 37.0 Å². The second-order valence-corrected chi connectivity index (χ2v) is 7.62. The standard InChI is InChI=1S/C15H20ClNO4S/c1-21-15(18)12-7-8-13(16)14(11-12)22(19,20)17-9-5-3-2-4-6-10-17/h7-8,11H,2-6,9-10H2,1H3. The molecule has 0 N–H and O–H groups in total. The minimum absolute atomic E-state index is 0.0300. The number of carbonyl (C=O) groups is 1. The van der Waals surface area contributed by atoms with Crippen molar-refractivity contribution < 1.29 is 17.9 Å². The van der Waals surface area contributed by atoms with E-state index >= 15 is 0 Å². The van der Waals surface area contributed by atoms with Gasteiger partial charge in [-0.3, -0.25) is 0 Å². The number of halogens is 1. The van der Waals surface area contributed by atoms with Gasteiger partial charge in [-0.1, -0.05) is 30.9 Å². The number of hydrogen-bond acceptors (Lipinski definition) is 4. The molecule has 122 valence electrons. The van der Waals surface area contributed by atoms with Gasteiger partial charge < -0.3 is 4.74 Å². The van der Waals surface area contributed by atoms with Crippen molar-refractivity contribution in [3.05, 3.63) is 28.8 Å². The third-order valence-corrected chi connectivity index (χ3v) is 6.17. The van der Waals surface area contributed by atoms with Gasteiger partial charge in [-0.05, 0) is 31.0 Å². The van der Waals surface area contributed by atoms with Gasteiger partial charge >= 0.3 is 5.97 Å². The van der Waals surface area contributed by atoms with Gasteiger partial charge in [-0.25, -0.2) is 13.2 Å². The maximum absolute atomic E-state index is 12.8. The molecule has 1 aliphatic heterocycles. The number of esters is 1. The first-order valence-corrected chi connectivity index (χ1v) is 9.16. The lowest BCUT2D eigenvalue weighted by Gasteiger charge is -2.24. The summed E-state index contributed by atoms with van der Waals surface area (Å²) in [6.07, 6.45) is 4.89. The summed E-state index contributed by atoms with van der Waals surface area (Å²) in [6, 6.07) is 4.17. The van der Waals surface area contributed by atoms with Crippen molar-refractivity contribution in [1.82, 2.24) is 4.31 Å². The maximum Gasteiger partial charge on any atom is 0.337 e. The number of ether oxygens (including phenoxy) is 1. The fraction of sp³-hybridized carbons (Fsp3) is 0.533. The summed E-state index contributed by atoms with van der Waals surface area (Å²) in [5.41, 5.74) is 0.178. The highest BCUT2D eigenvalue weighted by Gasteiger charge is 2.27. The van der Waals surface area contributed by atoms with Crippen LogP contribution in [0.25, 0.3) is 0 Å². The Hall–Kier alpha value is -1.11. The molecular weight excluding hydrogens is 326 g/mol. The highest BCUT2D eigenvalue weighted by atomic mass is 35.5. The van der Waals surface area contributed by atoms with Crippen LogP contribution in [0.4, 0.5) is 0 Å². The van der Waals surface area contributed by atoms with E-state index in [9.17, 15) is 13.2 Å². The topological polar surface area (TPSA) is 63.7 Å². The molecule has 1 aromatic rings. The zero-order valence-corrected chi connectivity index (χ0v) is 14.1. The molecule has 1 fully saturated rings. The van der Waals surface area contributed by atoms with Crippen LogP contribution in [0, 0.1) is 0 Å². The van der Waals surface area contributed by atoms with Crippen LogP contribution in [0.3, 0.4) is 0 Å². The minimum atomic E-state index is -3.70. The van der Waals surface area contributed by atoms with E-state index in [0.717, 1.165) is 32.1 Å². The first-order valence-electron chi connectivity index (χ1n) is 7.35. The molecule has 22 heavy (non-hydrogen) atoms. The Labute approximate surface area is 136 Å². The van der Waals surface area contributed by atoms with Gasteiger partial charge in [0.25, 0.3) is 0 Å². The summed E-state index contributed by atoms with van der Waals surface area (Å²) in [6.45, 7) is 0.974. The number of carbonyl (C=O) groups excluding carboxylic acids is 1. The van der Waals surface area contributed by atoms with E-state index in [1.54, 1.807) is 0 Å². The van der Waals surface area contributed by atoms with Crippen molar-refractivity contribution in [2.75, 3.05) is 20.2 Å². The molecule has 0 spiro atoms. The number of sulfonamides is 1. The van der Waals surface area contributed by atoms with Gasteiger partial charge in [0.2, 0.25) is 10.0 Å². The van der Waals surface area contributed by atoms with E-state index < -0.39 is 16.0 Å². The smallest absolute Gasteiger partial charge is 0.337 e. The Kier molecular flexibility index (Phi) is 5.83.